The molecule has 0 aliphatic carbocycles. The molecule has 2 aromatic rings. The summed E-state index contributed by atoms with van der Waals surface area (Å²) in [7, 11) is 1.23. The highest BCUT2D eigenvalue weighted by Gasteiger charge is 2.12. The van der Waals surface area contributed by atoms with E-state index in [1.54, 1.807) is 0 Å². The van der Waals surface area contributed by atoms with Crippen LogP contribution in [0.2, 0.25) is 0 Å². The van der Waals surface area contributed by atoms with E-state index in [0.29, 0.717) is 0 Å². The van der Waals surface area contributed by atoms with Gasteiger partial charge in [-0.15, -0.1) is 0 Å². The van der Waals surface area contributed by atoms with Gasteiger partial charge in [-0.05, 0) is 35.9 Å². The Morgan fingerprint density at radius 1 is 1.11 bits per heavy atom. The van der Waals surface area contributed by atoms with Gasteiger partial charge in [0.2, 0.25) is 0 Å². The first-order valence-electron chi connectivity index (χ1n) is 5.39. The molecule has 0 unspecified atom stereocenters. The van der Waals surface area contributed by atoms with Gasteiger partial charge in [0.25, 0.3) is 0 Å². The van der Waals surface area contributed by atoms with Crippen molar-refractivity contribution in [2.24, 2.45) is 0 Å². The fraction of sp³-hybridized carbons (Fsp3) is 0.0714. The first-order valence-corrected chi connectivity index (χ1v) is 5.39. The summed E-state index contributed by atoms with van der Waals surface area (Å²) in [5.41, 5.74) is 0.698. The van der Waals surface area contributed by atoms with Gasteiger partial charge in [-0.3, -0.25) is 0 Å². The number of ether oxygens (including phenoxy) is 1. The molecule has 2 rings (SSSR count). The largest absolute Gasteiger partial charge is 0.507 e. The van der Waals surface area contributed by atoms with Crippen molar-refractivity contribution in [2.75, 3.05) is 7.11 Å². The molecule has 19 heavy (non-hydrogen) atoms. The normalized spacial score (nSPS) is 10.3. The lowest BCUT2D eigenvalue weighted by molar-refractivity contribution is 0.0601. The summed E-state index contributed by atoms with van der Waals surface area (Å²) in [4.78, 5) is 11.4. The van der Waals surface area contributed by atoms with E-state index in [1.807, 2.05) is 0 Å². The molecule has 0 spiro atoms. The van der Waals surface area contributed by atoms with Crippen molar-refractivity contribution in [1.82, 2.24) is 0 Å². The van der Waals surface area contributed by atoms with Crippen molar-refractivity contribution in [3.8, 4) is 16.9 Å². The maximum Gasteiger partial charge on any atom is 0.337 e. The third-order valence-corrected chi connectivity index (χ3v) is 2.65. The van der Waals surface area contributed by atoms with Gasteiger partial charge in [-0.1, -0.05) is 6.07 Å². The van der Waals surface area contributed by atoms with Crippen LogP contribution in [0.15, 0.2) is 36.4 Å². The minimum Gasteiger partial charge on any atom is -0.507 e. The standard InChI is InChI=1S/C14H10F2O3/c1-19-14(18)9-3-5-13(17)10(6-9)8-2-4-11(15)12(16)7-8/h2-7,17H,1H3. The van der Waals surface area contributed by atoms with E-state index in [4.69, 9.17) is 0 Å². The van der Waals surface area contributed by atoms with Gasteiger partial charge in [0.15, 0.2) is 11.6 Å². The van der Waals surface area contributed by atoms with Crippen molar-refractivity contribution >= 4 is 5.97 Å². The number of benzene rings is 2. The Hall–Kier alpha value is -2.43. The first kappa shape index (κ1) is 13.0. The molecule has 0 aromatic heterocycles. The lowest BCUT2D eigenvalue weighted by atomic mass is 10.0. The number of halogens is 2. The average Bonchev–Trinajstić information content (AvgIpc) is 2.41. The zero-order valence-electron chi connectivity index (χ0n) is 9.98. The monoisotopic (exact) mass is 264 g/mol. The third kappa shape index (κ3) is 2.54. The Kier molecular flexibility index (Phi) is 3.46. The molecule has 0 saturated heterocycles. The number of phenolic OH excluding ortho intramolecular Hbond substituents is 1. The van der Waals surface area contributed by atoms with Gasteiger partial charge in [-0.2, -0.15) is 0 Å². The van der Waals surface area contributed by atoms with Gasteiger partial charge in [-0.25, -0.2) is 13.6 Å². The Labute approximate surface area is 108 Å². The van der Waals surface area contributed by atoms with Crippen LogP contribution in [0.1, 0.15) is 10.4 Å². The van der Waals surface area contributed by atoms with Crippen LogP contribution in [0.5, 0.6) is 5.75 Å². The summed E-state index contributed by atoms with van der Waals surface area (Å²) in [5, 5.41) is 9.73. The highest BCUT2D eigenvalue weighted by Crippen LogP contribution is 2.31. The summed E-state index contributed by atoms with van der Waals surface area (Å²) in [6.07, 6.45) is 0. The van der Waals surface area contributed by atoms with Gasteiger partial charge in [0.1, 0.15) is 5.75 Å². The molecule has 0 atom stereocenters. The van der Waals surface area contributed by atoms with Gasteiger partial charge >= 0.3 is 5.97 Å². The lowest BCUT2D eigenvalue weighted by Crippen LogP contribution is -2.01. The van der Waals surface area contributed by atoms with Crippen molar-refractivity contribution < 1.29 is 23.4 Å². The van der Waals surface area contributed by atoms with Crippen LogP contribution in [0.3, 0.4) is 0 Å². The maximum atomic E-state index is 13.2. The first-order chi connectivity index (χ1) is 9.02. The third-order valence-electron chi connectivity index (χ3n) is 2.65. The predicted octanol–water partition coefficient (Wildman–Crippen LogP) is 3.12. The Balaban J connectivity index is 2.54. The minimum absolute atomic E-state index is 0.140. The van der Waals surface area contributed by atoms with Crippen LogP contribution in [0, 0.1) is 11.6 Å². The van der Waals surface area contributed by atoms with E-state index in [-0.39, 0.29) is 22.4 Å². The van der Waals surface area contributed by atoms with E-state index in [1.165, 1.54) is 31.4 Å². The zero-order valence-corrected chi connectivity index (χ0v) is 9.98. The van der Waals surface area contributed by atoms with Crippen molar-refractivity contribution in [3.63, 3.8) is 0 Å². The fourth-order valence-electron chi connectivity index (χ4n) is 1.68. The number of methoxy groups -OCH3 is 1. The predicted molar refractivity (Wildman–Crippen MR) is 64.8 cm³/mol. The van der Waals surface area contributed by atoms with Gasteiger partial charge < -0.3 is 9.84 Å². The zero-order chi connectivity index (χ0) is 14.0. The van der Waals surface area contributed by atoms with Crippen LogP contribution in [-0.2, 0) is 4.74 Å². The summed E-state index contributed by atoms with van der Waals surface area (Å²) in [5.74, 6) is -2.73. The number of carbonyl (C=O) groups excluding carboxylic acids is 1. The second-order valence-electron chi connectivity index (χ2n) is 3.85. The molecule has 0 aliphatic rings. The number of rotatable bonds is 2. The van der Waals surface area contributed by atoms with Gasteiger partial charge in [0, 0.05) is 5.56 Å². The highest BCUT2D eigenvalue weighted by atomic mass is 19.2. The molecule has 0 amide bonds. The van der Waals surface area contributed by atoms with Crippen molar-refractivity contribution in [1.29, 1.82) is 0 Å². The Bertz CT molecular complexity index is 639. The van der Waals surface area contributed by atoms with E-state index in [9.17, 15) is 18.7 Å². The second kappa shape index (κ2) is 5.06. The van der Waals surface area contributed by atoms with Crippen LogP contribution in [0.25, 0.3) is 11.1 Å². The highest BCUT2D eigenvalue weighted by molar-refractivity contribution is 5.91. The molecule has 5 heteroatoms. The van der Waals surface area contributed by atoms with E-state index < -0.39 is 17.6 Å². The molecule has 2 aromatic carbocycles. The molecule has 0 bridgehead atoms. The van der Waals surface area contributed by atoms with Crippen LogP contribution in [0.4, 0.5) is 8.78 Å². The quantitative estimate of drug-likeness (QED) is 0.848. The molecule has 1 N–H and O–H groups in total. The van der Waals surface area contributed by atoms with Crippen LogP contribution < -0.4 is 0 Å². The molecule has 0 heterocycles. The minimum atomic E-state index is -1.03. The van der Waals surface area contributed by atoms with Crippen LogP contribution >= 0.6 is 0 Å². The topological polar surface area (TPSA) is 46.5 Å². The SMILES string of the molecule is COC(=O)c1ccc(O)c(-c2ccc(F)c(F)c2)c1. The molecule has 3 nitrogen and oxygen atoms in total. The molecular formula is C14H10F2O3. The fourth-order valence-corrected chi connectivity index (χ4v) is 1.68. The van der Waals surface area contributed by atoms with E-state index in [2.05, 4.69) is 4.74 Å². The molecular weight excluding hydrogens is 254 g/mol. The number of aromatic hydroxyl groups is 1. The number of hydrogen-bond donors (Lipinski definition) is 1. The number of esters is 1. The summed E-state index contributed by atoms with van der Waals surface area (Å²) in [6.45, 7) is 0. The molecule has 0 aliphatic heterocycles. The molecule has 0 radical (unpaired) electrons. The smallest absolute Gasteiger partial charge is 0.337 e. The molecule has 98 valence electrons. The molecule has 0 saturated carbocycles. The van der Waals surface area contributed by atoms with E-state index in [0.717, 1.165) is 12.1 Å². The average molecular weight is 264 g/mol. The van der Waals surface area contributed by atoms with Crippen molar-refractivity contribution in [3.05, 3.63) is 53.6 Å². The maximum absolute atomic E-state index is 13.2. The summed E-state index contributed by atoms with van der Waals surface area (Å²) < 4.78 is 30.6. The van der Waals surface area contributed by atoms with Gasteiger partial charge in [0.05, 0.1) is 12.7 Å². The summed E-state index contributed by atoms with van der Waals surface area (Å²) >= 11 is 0. The lowest BCUT2D eigenvalue weighted by Gasteiger charge is -2.07. The second-order valence-corrected chi connectivity index (χ2v) is 3.85. The number of phenols is 1. The summed E-state index contributed by atoms with van der Waals surface area (Å²) in [6, 6.07) is 7.25. The van der Waals surface area contributed by atoms with Crippen molar-refractivity contribution in [2.45, 2.75) is 0 Å². The number of hydrogen-bond acceptors (Lipinski definition) is 3. The van der Waals surface area contributed by atoms with Crippen LogP contribution in [-0.4, -0.2) is 18.2 Å². The number of carbonyl (C=O) groups is 1. The molecule has 0 fully saturated rings. The Morgan fingerprint density at radius 3 is 2.47 bits per heavy atom. The Morgan fingerprint density at radius 2 is 1.84 bits per heavy atom. The van der Waals surface area contributed by atoms with E-state index >= 15 is 0 Å².